The second-order valence-corrected chi connectivity index (χ2v) is 6.02. The number of rotatable bonds is 5. The van der Waals surface area contributed by atoms with Gasteiger partial charge in [0.2, 0.25) is 5.91 Å². The fourth-order valence-electron chi connectivity index (χ4n) is 2.00. The van der Waals surface area contributed by atoms with Gasteiger partial charge in [-0.25, -0.2) is 4.39 Å². The van der Waals surface area contributed by atoms with Gasteiger partial charge in [-0.05, 0) is 36.8 Å². The first-order valence-corrected chi connectivity index (χ1v) is 7.74. The molecule has 7 heteroatoms. The SMILES string of the molecule is COc1ccc(C(C)NC(=O)c2ccc(NC(C)=O)s2)cc1F. The molecule has 0 saturated carbocycles. The van der Waals surface area contributed by atoms with Gasteiger partial charge in [-0.2, -0.15) is 0 Å². The molecule has 0 radical (unpaired) electrons. The minimum Gasteiger partial charge on any atom is -0.494 e. The van der Waals surface area contributed by atoms with Gasteiger partial charge in [0.25, 0.3) is 5.91 Å². The van der Waals surface area contributed by atoms with Crippen LogP contribution in [0.1, 0.15) is 35.1 Å². The first kappa shape index (κ1) is 17.0. The van der Waals surface area contributed by atoms with Gasteiger partial charge in [0, 0.05) is 6.92 Å². The highest BCUT2D eigenvalue weighted by Gasteiger charge is 2.15. The lowest BCUT2D eigenvalue weighted by molar-refractivity contribution is -0.114. The van der Waals surface area contributed by atoms with E-state index in [9.17, 15) is 14.0 Å². The van der Waals surface area contributed by atoms with Gasteiger partial charge in [0.05, 0.1) is 23.0 Å². The number of ether oxygens (including phenoxy) is 1. The average Bonchev–Trinajstić information content (AvgIpc) is 2.94. The Labute approximate surface area is 137 Å². The van der Waals surface area contributed by atoms with Crippen molar-refractivity contribution in [2.75, 3.05) is 12.4 Å². The number of methoxy groups -OCH3 is 1. The number of anilines is 1. The number of hydrogen-bond acceptors (Lipinski definition) is 4. The van der Waals surface area contributed by atoms with Crippen LogP contribution in [0.4, 0.5) is 9.39 Å². The van der Waals surface area contributed by atoms with E-state index in [1.165, 1.54) is 37.5 Å². The number of benzene rings is 1. The van der Waals surface area contributed by atoms with Crippen molar-refractivity contribution in [2.24, 2.45) is 0 Å². The van der Waals surface area contributed by atoms with Crippen molar-refractivity contribution in [1.29, 1.82) is 0 Å². The number of nitrogens with one attached hydrogen (secondary N) is 2. The molecule has 1 aromatic carbocycles. The third-order valence-corrected chi connectivity index (χ3v) is 4.15. The highest BCUT2D eigenvalue weighted by atomic mass is 32.1. The Morgan fingerprint density at radius 2 is 2.00 bits per heavy atom. The molecule has 0 fully saturated rings. The van der Waals surface area contributed by atoms with Crippen molar-refractivity contribution in [2.45, 2.75) is 19.9 Å². The van der Waals surface area contributed by atoms with E-state index in [0.717, 1.165) is 0 Å². The quantitative estimate of drug-likeness (QED) is 0.880. The summed E-state index contributed by atoms with van der Waals surface area (Å²) < 4.78 is 18.6. The van der Waals surface area contributed by atoms with E-state index < -0.39 is 5.82 Å². The fourth-order valence-corrected chi connectivity index (χ4v) is 2.86. The topological polar surface area (TPSA) is 67.4 Å². The van der Waals surface area contributed by atoms with Crippen LogP contribution in [0.3, 0.4) is 0 Å². The van der Waals surface area contributed by atoms with Crippen LogP contribution in [0.15, 0.2) is 30.3 Å². The number of hydrogen-bond donors (Lipinski definition) is 2. The molecule has 0 bridgehead atoms. The standard InChI is InChI=1S/C16H17FN2O3S/c1-9(11-4-5-13(22-3)12(17)8-11)18-16(21)14-6-7-15(23-14)19-10(2)20/h4-9H,1-3H3,(H,18,21)(H,19,20). The third kappa shape index (κ3) is 4.29. The average molecular weight is 336 g/mol. The number of carbonyl (C=O) groups is 2. The van der Waals surface area contributed by atoms with Crippen LogP contribution >= 0.6 is 11.3 Å². The molecule has 1 heterocycles. The summed E-state index contributed by atoms with van der Waals surface area (Å²) >= 11 is 1.18. The molecule has 1 atom stereocenters. The second kappa shape index (κ2) is 7.23. The highest BCUT2D eigenvalue weighted by molar-refractivity contribution is 7.18. The highest BCUT2D eigenvalue weighted by Crippen LogP contribution is 2.24. The predicted octanol–water partition coefficient (Wildman–Crippen LogP) is 3.35. The van der Waals surface area contributed by atoms with Crippen molar-refractivity contribution in [3.05, 3.63) is 46.6 Å². The van der Waals surface area contributed by atoms with Crippen LogP contribution in [-0.4, -0.2) is 18.9 Å². The minimum absolute atomic E-state index is 0.158. The number of halogens is 1. The molecule has 0 aliphatic rings. The van der Waals surface area contributed by atoms with E-state index in [0.29, 0.717) is 15.4 Å². The van der Waals surface area contributed by atoms with Gasteiger partial charge in [0.15, 0.2) is 11.6 Å². The summed E-state index contributed by atoms with van der Waals surface area (Å²) in [6.45, 7) is 3.17. The molecular weight excluding hydrogens is 319 g/mol. The van der Waals surface area contributed by atoms with E-state index in [1.807, 2.05) is 0 Å². The molecule has 0 aliphatic heterocycles. The normalized spacial score (nSPS) is 11.7. The lowest BCUT2D eigenvalue weighted by Gasteiger charge is -2.14. The second-order valence-electron chi connectivity index (χ2n) is 4.93. The Morgan fingerprint density at radius 3 is 2.61 bits per heavy atom. The van der Waals surface area contributed by atoms with E-state index in [-0.39, 0.29) is 23.6 Å². The van der Waals surface area contributed by atoms with Crippen molar-refractivity contribution >= 4 is 28.2 Å². The van der Waals surface area contributed by atoms with Crippen molar-refractivity contribution in [3.63, 3.8) is 0 Å². The summed E-state index contributed by atoms with van der Waals surface area (Å²) in [6, 6.07) is 7.48. The molecular formula is C16H17FN2O3S. The van der Waals surface area contributed by atoms with Crippen LogP contribution < -0.4 is 15.4 Å². The molecule has 23 heavy (non-hydrogen) atoms. The van der Waals surface area contributed by atoms with E-state index in [4.69, 9.17) is 4.74 Å². The Hall–Kier alpha value is -2.41. The largest absolute Gasteiger partial charge is 0.494 e. The van der Waals surface area contributed by atoms with Gasteiger partial charge in [-0.1, -0.05) is 6.07 Å². The minimum atomic E-state index is -0.477. The maximum absolute atomic E-state index is 13.7. The molecule has 2 aromatic rings. The molecule has 1 aromatic heterocycles. The summed E-state index contributed by atoms with van der Waals surface area (Å²) in [7, 11) is 1.40. The molecule has 1 unspecified atom stereocenters. The van der Waals surface area contributed by atoms with E-state index in [1.54, 1.807) is 25.1 Å². The molecule has 0 saturated heterocycles. The van der Waals surface area contributed by atoms with Gasteiger partial charge < -0.3 is 15.4 Å². The molecule has 2 N–H and O–H groups in total. The Balaban J connectivity index is 2.05. The van der Waals surface area contributed by atoms with E-state index in [2.05, 4.69) is 10.6 Å². The van der Waals surface area contributed by atoms with Gasteiger partial charge in [0.1, 0.15) is 0 Å². The number of amides is 2. The van der Waals surface area contributed by atoms with Crippen LogP contribution in [0, 0.1) is 5.82 Å². The van der Waals surface area contributed by atoms with Crippen molar-refractivity contribution in [1.82, 2.24) is 5.32 Å². The first-order chi connectivity index (χ1) is 10.9. The zero-order valence-corrected chi connectivity index (χ0v) is 13.8. The summed E-state index contributed by atoms with van der Waals surface area (Å²) in [6.07, 6.45) is 0. The van der Waals surface area contributed by atoms with Crippen LogP contribution in [-0.2, 0) is 4.79 Å². The monoisotopic (exact) mass is 336 g/mol. The zero-order valence-electron chi connectivity index (χ0n) is 13.0. The number of thiophene rings is 1. The maximum atomic E-state index is 13.7. The van der Waals surface area contributed by atoms with Crippen LogP contribution in [0.25, 0.3) is 0 Å². The summed E-state index contributed by atoms with van der Waals surface area (Å²) in [5, 5.41) is 6.02. The molecule has 0 aliphatic carbocycles. The lowest BCUT2D eigenvalue weighted by atomic mass is 10.1. The summed E-state index contributed by atoms with van der Waals surface area (Å²) in [5.74, 6) is -0.795. The molecule has 2 rings (SSSR count). The molecule has 2 amide bonds. The summed E-state index contributed by atoms with van der Waals surface area (Å²) in [5.41, 5.74) is 0.635. The Kier molecular flexibility index (Phi) is 5.33. The van der Waals surface area contributed by atoms with Gasteiger partial charge >= 0.3 is 0 Å². The smallest absolute Gasteiger partial charge is 0.261 e. The van der Waals surface area contributed by atoms with Crippen molar-refractivity contribution < 1.29 is 18.7 Å². The van der Waals surface area contributed by atoms with Crippen LogP contribution in [0.2, 0.25) is 0 Å². The molecule has 122 valence electrons. The summed E-state index contributed by atoms with van der Waals surface area (Å²) in [4.78, 5) is 23.7. The predicted molar refractivity (Wildman–Crippen MR) is 87.5 cm³/mol. The molecule has 5 nitrogen and oxygen atoms in total. The maximum Gasteiger partial charge on any atom is 0.261 e. The Morgan fingerprint density at radius 1 is 1.26 bits per heavy atom. The molecule has 0 spiro atoms. The van der Waals surface area contributed by atoms with Crippen molar-refractivity contribution in [3.8, 4) is 5.75 Å². The fraction of sp³-hybridized carbons (Fsp3) is 0.250. The zero-order chi connectivity index (χ0) is 17.0. The van der Waals surface area contributed by atoms with Gasteiger partial charge in [-0.3, -0.25) is 9.59 Å². The number of carbonyl (C=O) groups excluding carboxylic acids is 2. The van der Waals surface area contributed by atoms with Crippen LogP contribution in [0.5, 0.6) is 5.75 Å². The van der Waals surface area contributed by atoms with Gasteiger partial charge in [-0.15, -0.1) is 11.3 Å². The first-order valence-electron chi connectivity index (χ1n) is 6.92. The Bertz CT molecular complexity index is 730. The lowest BCUT2D eigenvalue weighted by Crippen LogP contribution is -2.25. The third-order valence-electron chi connectivity index (χ3n) is 3.15. The van der Waals surface area contributed by atoms with E-state index >= 15 is 0 Å².